The Morgan fingerprint density at radius 1 is 1.42 bits per heavy atom. The van der Waals surface area contributed by atoms with E-state index in [9.17, 15) is 0 Å². The average molecular weight is 468 g/mol. The van der Waals surface area contributed by atoms with Gasteiger partial charge < -0.3 is 19.7 Å². The molecule has 1 saturated heterocycles. The number of rotatable bonds is 6. The molecule has 1 aromatic rings. The monoisotopic (exact) mass is 467 g/mol. The van der Waals surface area contributed by atoms with Crippen LogP contribution in [0, 0.1) is 5.92 Å². The highest BCUT2D eigenvalue weighted by molar-refractivity contribution is 14.0. The number of hydrogen-bond donors (Lipinski definition) is 1. The molecular formula is C17H27ClIN3O2. The number of methoxy groups -OCH3 is 1. The fourth-order valence-electron chi connectivity index (χ4n) is 2.75. The molecular weight excluding hydrogens is 441 g/mol. The van der Waals surface area contributed by atoms with Crippen molar-refractivity contribution in [2.24, 2.45) is 10.9 Å². The van der Waals surface area contributed by atoms with Crippen molar-refractivity contribution < 1.29 is 9.47 Å². The van der Waals surface area contributed by atoms with Crippen molar-refractivity contribution in [2.45, 2.75) is 19.4 Å². The van der Waals surface area contributed by atoms with E-state index in [0.717, 1.165) is 37.8 Å². The van der Waals surface area contributed by atoms with E-state index in [1.807, 2.05) is 38.2 Å². The van der Waals surface area contributed by atoms with Crippen molar-refractivity contribution in [1.29, 1.82) is 0 Å². The predicted molar refractivity (Wildman–Crippen MR) is 110 cm³/mol. The number of benzene rings is 1. The number of nitrogens with zero attached hydrogens (tertiary/aromatic N) is 2. The van der Waals surface area contributed by atoms with Gasteiger partial charge in [0, 0.05) is 38.2 Å². The van der Waals surface area contributed by atoms with E-state index < -0.39 is 0 Å². The lowest BCUT2D eigenvalue weighted by Crippen LogP contribution is -2.43. The molecule has 2 unspecified atom stereocenters. The fraction of sp³-hybridized carbons (Fsp3) is 0.588. The first-order chi connectivity index (χ1) is 11.1. The maximum Gasteiger partial charge on any atom is 0.193 e. The molecule has 2 rings (SSSR count). The Hall–Kier alpha value is -0.730. The summed E-state index contributed by atoms with van der Waals surface area (Å²) < 4.78 is 11.1. The molecule has 0 aliphatic carbocycles. The lowest BCUT2D eigenvalue weighted by Gasteiger charge is -2.23. The smallest absolute Gasteiger partial charge is 0.193 e. The van der Waals surface area contributed by atoms with Crippen LogP contribution in [-0.4, -0.2) is 57.4 Å². The second kappa shape index (κ2) is 11.0. The highest BCUT2D eigenvalue weighted by atomic mass is 127. The third-order valence-corrected chi connectivity index (χ3v) is 4.15. The standard InChI is InChI=1S/C17H26ClN3O2.HI/c1-13(23-16-6-4-15(18)5-7-16)10-20-17(19-2)21-9-8-14(11-21)12-22-3;/h4-7,13-14H,8-12H2,1-3H3,(H,19,20);1H. The fourth-order valence-corrected chi connectivity index (χ4v) is 2.88. The summed E-state index contributed by atoms with van der Waals surface area (Å²) in [5.41, 5.74) is 0. The molecule has 7 heteroatoms. The van der Waals surface area contributed by atoms with Gasteiger partial charge in [0.05, 0.1) is 13.2 Å². The highest BCUT2D eigenvalue weighted by Crippen LogP contribution is 2.17. The number of hydrogen-bond acceptors (Lipinski definition) is 3. The van der Waals surface area contributed by atoms with Crippen LogP contribution in [0.2, 0.25) is 5.02 Å². The van der Waals surface area contributed by atoms with Crippen LogP contribution in [0.15, 0.2) is 29.3 Å². The summed E-state index contributed by atoms with van der Waals surface area (Å²) in [7, 11) is 3.57. The van der Waals surface area contributed by atoms with Crippen LogP contribution in [0.1, 0.15) is 13.3 Å². The normalized spacial score (nSPS) is 18.9. The molecule has 1 fully saturated rings. The van der Waals surface area contributed by atoms with Gasteiger partial charge in [-0.25, -0.2) is 0 Å². The van der Waals surface area contributed by atoms with Gasteiger partial charge in [-0.1, -0.05) is 11.6 Å². The maximum atomic E-state index is 5.88. The van der Waals surface area contributed by atoms with Crippen LogP contribution >= 0.6 is 35.6 Å². The molecule has 0 bridgehead atoms. The molecule has 1 heterocycles. The molecule has 1 N–H and O–H groups in total. The molecule has 2 atom stereocenters. The minimum Gasteiger partial charge on any atom is -0.489 e. The Bertz CT molecular complexity index is 513. The second-order valence-electron chi connectivity index (χ2n) is 5.87. The zero-order valence-electron chi connectivity index (χ0n) is 14.5. The molecule has 24 heavy (non-hydrogen) atoms. The van der Waals surface area contributed by atoms with Crippen LogP contribution in [0.25, 0.3) is 0 Å². The maximum absolute atomic E-state index is 5.88. The first-order valence-electron chi connectivity index (χ1n) is 7.99. The summed E-state index contributed by atoms with van der Waals surface area (Å²) in [4.78, 5) is 6.65. The Morgan fingerprint density at radius 3 is 2.75 bits per heavy atom. The number of halogens is 2. The van der Waals surface area contributed by atoms with Crippen LogP contribution in [-0.2, 0) is 4.74 Å². The number of likely N-dealkylation sites (tertiary alicyclic amines) is 1. The topological polar surface area (TPSA) is 46.1 Å². The summed E-state index contributed by atoms with van der Waals surface area (Å²) in [6.45, 7) is 5.54. The van der Waals surface area contributed by atoms with E-state index in [1.165, 1.54) is 0 Å². The van der Waals surface area contributed by atoms with E-state index in [2.05, 4.69) is 15.2 Å². The highest BCUT2D eigenvalue weighted by Gasteiger charge is 2.24. The molecule has 0 saturated carbocycles. The molecule has 0 spiro atoms. The minimum atomic E-state index is 0. The lowest BCUT2D eigenvalue weighted by atomic mass is 10.1. The third-order valence-electron chi connectivity index (χ3n) is 3.90. The molecule has 1 aliphatic heterocycles. The Balaban J connectivity index is 0.00000288. The van der Waals surface area contributed by atoms with E-state index in [-0.39, 0.29) is 30.1 Å². The van der Waals surface area contributed by atoms with Gasteiger partial charge in [0.25, 0.3) is 0 Å². The summed E-state index contributed by atoms with van der Waals surface area (Å²) >= 11 is 5.88. The van der Waals surface area contributed by atoms with Gasteiger partial charge >= 0.3 is 0 Å². The minimum absolute atomic E-state index is 0. The van der Waals surface area contributed by atoms with Gasteiger partial charge in [0.15, 0.2) is 5.96 Å². The largest absolute Gasteiger partial charge is 0.489 e. The first kappa shape index (κ1) is 21.3. The van der Waals surface area contributed by atoms with Gasteiger partial charge in [-0.15, -0.1) is 24.0 Å². The molecule has 136 valence electrons. The SMILES string of the molecule is CN=C(NCC(C)Oc1ccc(Cl)cc1)N1CCC(COC)C1.I. The zero-order chi connectivity index (χ0) is 16.7. The Morgan fingerprint density at radius 2 is 2.12 bits per heavy atom. The van der Waals surface area contributed by atoms with E-state index in [4.69, 9.17) is 21.1 Å². The van der Waals surface area contributed by atoms with E-state index in [0.29, 0.717) is 17.5 Å². The molecule has 0 aromatic heterocycles. The Labute approximate surface area is 166 Å². The van der Waals surface area contributed by atoms with Crippen molar-refractivity contribution in [3.63, 3.8) is 0 Å². The summed E-state index contributed by atoms with van der Waals surface area (Å²) in [6, 6.07) is 7.42. The molecule has 5 nitrogen and oxygen atoms in total. The van der Waals surface area contributed by atoms with Crippen LogP contribution in [0.5, 0.6) is 5.75 Å². The lowest BCUT2D eigenvalue weighted by molar-refractivity contribution is 0.157. The number of aliphatic imine (C=N–C) groups is 1. The van der Waals surface area contributed by atoms with Crippen molar-refractivity contribution in [2.75, 3.05) is 40.4 Å². The van der Waals surface area contributed by atoms with Crippen LogP contribution in [0.3, 0.4) is 0 Å². The molecule has 0 amide bonds. The van der Waals surface area contributed by atoms with Crippen LogP contribution < -0.4 is 10.1 Å². The molecule has 1 aliphatic rings. The van der Waals surface area contributed by atoms with Gasteiger partial charge in [-0.2, -0.15) is 0 Å². The van der Waals surface area contributed by atoms with Gasteiger partial charge in [0.2, 0.25) is 0 Å². The first-order valence-corrected chi connectivity index (χ1v) is 8.37. The second-order valence-corrected chi connectivity index (χ2v) is 6.30. The van der Waals surface area contributed by atoms with Crippen molar-refractivity contribution in [3.05, 3.63) is 29.3 Å². The van der Waals surface area contributed by atoms with Crippen molar-refractivity contribution in [3.8, 4) is 5.75 Å². The molecule has 1 aromatic carbocycles. The van der Waals surface area contributed by atoms with Gasteiger partial charge in [-0.05, 0) is 37.6 Å². The third kappa shape index (κ3) is 6.64. The predicted octanol–water partition coefficient (Wildman–Crippen LogP) is 3.27. The summed E-state index contributed by atoms with van der Waals surface area (Å²) in [5.74, 6) is 2.33. The van der Waals surface area contributed by atoms with Crippen molar-refractivity contribution in [1.82, 2.24) is 10.2 Å². The number of nitrogens with one attached hydrogen (secondary N) is 1. The number of guanidine groups is 1. The zero-order valence-corrected chi connectivity index (χ0v) is 17.6. The van der Waals surface area contributed by atoms with E-state index in [1.54, 1.807) is 7.11 Å². The van der Waals surface area contributed by atoms with Gasteiger partial charge in [-0.3, -0.25) is 4.99 Å². The quantitative estimate of drug-likeness (QED) is 0.396. The Kier molecular flexibility index (Phi) is 9.76. The van der Waals surface area contributed by atoms with Crippen LogP contribution in [0.4, 0.5) is 0 Å². The summed E-state index contributed by atoms with van der Waals surface area (Å²) in [6.07, 6.45) is 1.18. The summed E-state index contributed by atoms with van der Waals surface area (Å²) in [5, 5.41) is 4.10. The molecule has 0 radical (unpaired) electrons. The van der Waals surface area contributed by atoms with Crippen molar-refractivity contribution >= 4 is 41.5 Å². The van der Waals surface area contributed by atoms with E-state index >= 15 is 0 Å². The van der Waals surface area contributed by atoms with Gasteiger partial charge in [0.1, 0.15) is 11.9 Å². The average Bonchev–Trinajstić information content (AvgIpc) is 2.99. The number of ether oxygens (including phenoxy) is 2.